The molecule has 148 valence electrons. The molecule has 0 atom stereocenters. The number of hydrogen-bond donors (Lipinski definition) is 1. The van der Waals surface area contributed by atoms with E-state index in [4.69, 9.17) is 4.74 Å². The second-order valence-corrected chi connectivity index (χ2v) is 7.00. The summed E-state index contributed by atoms with van der Waals surface area (Å²) in [5.74, 6) is 0.533. The van der Waals surface area contributed by atoms with Crippen LogP contribution in [0, 0.1) is 0 Å². The molecule has 0 saturated carbocycles. The van der Waals surface area contributed by atoms with E-state index >= 15 is 0 Å². The van der Waals surface area contributed by atoms with Gasteiger partial charge < -0.3 is 19.9 Å². The van der Waals surface area contributed by atoms with E-state index in [1.807, 2.05) is 11.8 Å². The number of ether oxygens (including phenoxy) is 1. The molecule has 0 aliphatic carbocycles. The lowest BCUT2D eigenvalue weighted by atomic mass is 10.1. The Kier molecular flexibility index (Phi) is 6.66. The highest BCUT2D eigenvalue weighted by molar-refractivity contribution is 6.05. The van der Waals surface area contributed by atoms with Crippen LogP contribution < -0.4 is 10.1 Å². The molecule has 1 fully saturated rings. The minimum atomic E-state index is -0.216. The molecule has 0 aromatic heterocycles. The summed E-state index contributed by atoms with van der Waals surface area (Å²) < 4.78 is 5.54. The summed E-state index contributed by atoms with van der Waals surface area (Å²) in [5, 5.41) is 2.87. The van der Waals surface area contributed by atoms with E-state index in [0.717, 1.165) is 38.3 Å². The third-order valence-electron chi connectivity index (χ3n) is 4.75. The van der Waals surface area contributed by atoms with E-state index in [9.17, 15) is 9.59 Å². The van der Waals surface area contributed by atoms with E-state index in [1.165, 1.54) is 0 Å². The molecule has 2 aromatic carbocycles. The number of likely N-dealkylation sites (N-methyl/N-ethyl adjacent to an activating group) is 1. The molecule has 0 unspecified atom stereocenters. The van der Waals surface area contributed by atoms with Gasteiger partial charge in [-0.15, -0.1) is 0 Å². The summed E-state index contributed by atoms with van der Waals surface area (Å²) in [7, 11) is 2.06. The van der Waals surface area contributed by atoms with Gasteiger partial charge in [0.15, 0.2) is 0 Å². The van der Waals surface area contributed by atoms with Crippen LogP contribution in [0.3, 0.4) is 0 Å². The third-order valence-corrected chi connectivity index (χ3v) is 4.75. The summed E-state index contributed by atoms with van der Waals surface area (Å²) in [6, 6.07) is 14.2. The van der Waals surface area contributed by atoms with Crippen molar-refractivity contribution in [3.05, 3.63) is 59.7 Å². The molecular formula is C22H27N3O3. The van der Waals surface area contributed by atoms with E-state index in [0.29, 0.717) is 23.4 Å². The summed E-state index contributed by atoms with van der Waals surface area (Å²) in [6.07, 6.45) is 0.936. The molecule has 0 bridgehead atoms. The molecular weight excluding hydrogens is 354 g/mol. The highest BCUT2D eigenvalue weighted by Crippen LogP contribution is 2.17. The van der Waals surface area contributed by atoms with Crippen molar-refractivity contribution < 1.29 is 14.3 Å². The molecule has 3 rings (SSSR count). The van der Waals surface area contributed by atoms with Gasteiger partial charge in [0, 0.05) is 43.0 Å². The Bertz CT molecular complexity index is 812. The van der Waals surface area contributed by atoms with Gasteiger partial charge in [-0.25, -0.2) is 0 Å². The maximum absolute atomic E-state index is 12.7. The lowest BCUT2D eigenvalue weighted by Crippen LogP contribution is -2.47. The van der Waals surface area contributed by atoms with Crippen molar-refractivity contribution in [2.45, 2.75) is 13.3 Å². The average molecular weight is 381 g/mol. The third kappa shape index (κ3) is 5.10. The summed E-state index contributed by atoms with van der Waals surface area (Å²) in [4.78, 5) is 29.3. The molecule has 6 nitrogen and oxygen atoms in total. The zero-order valence-electron chi connectivity index (χ0n) is 16.5. The van der Waals surface area contributed by atoms with Crippen LogP contribution in [0.5, 0.6) is 5.75 Å². The van der Waals surface area contributed by atoms with Gasteiger partial charge in [-0.3, -0.25) is 9.59 Å². The molecule has 1 N–H and O–H groups in total. The fourth-order valence-corrected chi connectivity index (χ4v) is 3.05. The van der Waals surface area contributed by atoms with E-state index in [-0.39, 0.29) is 11.8 Å². The molecule has 1 heterocycles. The number of benzene rings is 2. The van der Waals surface area contributed by atoms with Crippen LogP contribution in [0.15, 0.2) is 48.5 Å². The number of rotatable bonds is 6. The summed E-state index contributed by atoms with van der Waals surface area (Å²) >= 11 is 0. The van der Waals surface area contributed by atoms with Crippen LogP contribution in [0.2, 0.25) is 0 Å². The summed E-state index contributed by atoms with van der Waals surface area (Å²) in [5.41, 5.74) is 1.74. The molecule has 0 spiro atoms. The number of amides is 2. The molecule has 0 radical (unpaired) electrons. The molecule has 2 amide bonds. The van der Waals surface area contributed by atoms with Gasteiger partial charge in [-0.1, -0.05) is 13.0 Å². The first-order valence-electron chi connectivity index (χ1n) is 9.69. The first-order valence-corrected chi connectivity index (χ1v) is 9.69. The van der Waals surface area contributed by atoms with Crippen LogP contribution in [-0.4, -0.2) is 61.4 Å². The molecule has 28 heavy (non-hydrogen) atoms. The molecule has 2 aromatic rings. The highest BCUT2D eigenvalue weighted by atomic mass is 16.5. The second-order valence-electron chi connectivity index (χ2n) is 7.00. The zero-order chi connectivity index (χ0) is 19.9. The maximum atomic E-state index is 12.7. The number of nitrogens with one attached hydrogen (secondary N) is 1. The number of anilines is 1. The topological polar surface area (TPSA) is 61.9 Å². The molecule has 6 heteroatoms. The Morgan fingerprint density at radius 3 is 2.39 bits per heavy atom. The van der Waals surface area contributed by atoms with Gasteiger partial charge in [0.05, 0.1) is 6.61 Å². The van der Waals surface area contributed by atoms with Crippen LogP contribution in [-0.2, 0) is 0 Å². The normalized spacial score (nSPS) is 14.6. The Morgan fingerprint density at radius 1 is 1.00 bits per heavy atom. The number of nitrogens with zero attached hydrogens (tertiary/aromatic N) is 2. The van der Waals surface area contributed by atoms with E-state index < -0.39 is 0 Å². The van der Waals surface area contributed by atoms with Gasteiger partial charge in [0.1, 0.15) is 5.75 Å². The Balaban J connectivity index is 1.63. The zero-order valence-corrected chi connectivity index (χ0v) is 16.5. The van der Waals surface area contributed by atoms with Crippen molar-refractivity contribution in [1.82, 2.24) is 9.80 Å². The van der Waals surface area contributed by atoms with Gasteiger partial charge in [0.2, 0.25) is 0 Å². The standard InChI is InChI=1S/C22H27N3O3/c1-3-15-28-20-9-7-17(8-10-20)21(26)23-19-6-4-5-18(16-19)22(27)25-13-11-24(2)12-14-25/h4-10,16H,3,11-15H2,1-2H3,(H,23,26). The minimum Gasteiger partial charge on any atom is -0.494 e. The van der Waals surface area contributed by atoms with E-state index in [2.05, 4.69) is 17.3 Å². The van der Waals surface area contributed by atoms with Crippen molar-refractivity contribution in [3.8, 4) is 5.75 Å². The van der Waals surface area contributed by atoms with Crippen LogP contribution in [0.25, 0.3) is 0 Å². The van der Waals surface area contributed by atoms with Gasteiger partial charge in [0.25, 0.3) is 11.8 Å². The van der Waals surface area contributed by atoms with Crippen molar-refractivity contribution in [2.75, 3.05) is 45.2 Å². The minimum absolute atomic E-state index is 0.00150. The van der Waals surface area contributed by atoms with Gasteiger partial charge in [-0.05, 0) is 55.9 Å². The number of hydrogen-bond acceptors (Lipinski definition) is 4. The van der Waals surface area contributed by atoms with Crippen molar-refractivity contribution in [2.24, 2.45) is 0 Å². The lowest BCUT2D eigenvalue weighted by Gasteiger charge is -2.32. The van der Waals surface area contributed by atoms with Crippen molar-refractivity contribution in [1.29, 1.82) is 0 Å². The average Bonchev–Trinajstić information content (AvgIpc) is 2.73. The molecule has 1 aliphatic heterocycles. The Morgan fingerprint density at radius 2 is 1.71 bits per heavy atom. The van der Waals surface area contributed by atoms with Crippen LogP contribution in [0.1, 0.15) is 34.1 Å². The fraction of sp³-hybridized carbons (Fsp3) is 0.364. The number of carbonyl (C=O) groups is 2. The molecule has 1 aliphatic rings. The smallest absolute Gasteiger partial charge is 0.255 e. The summed E-state index contributed by atoms with van der Waals surface area (Å²) in [6.45, 7) is 5.89. The van der Waals surface area contributed by atoms with Crippen LogP contribution >= 0.6 is 0 Å². The monoisotopic (exact) mass is 381 g/mol. The largest absolute Gasteiger partial charge is 0.494 e. The van der Waals surface area contributed by atoms with Crippen LogP contribution in [0.4, 0.5) is 5.69 Å². The first kappa shape index (κ1) is 19.9. The van der Waals surface area contributed by atoms with E-state index in [1.54, 1.807) is 48.5 Å². The predicted molar refractivity (Wildman–Crippen MR) is 110 cm³/mol. The number of carbonyl (C=O) groups excluding carboxylic acids is 2. The van der Waals surface area contributed by atoms with Crippen molar-refractivity contribution in [3.63, 3.8) is 0 Å². The predicted octanol–water partition coefficient (Wildman–Crippen LogP) is 3.12. The van der Waals surface area contributed by atoms with Gasteiger partial charge >= 0.3 is 0 Å². The van der Waals surface area contributed by atoms with Gasteiger partial charge in [-0.2, -0.15) is 0 Å². The highest BCUT2D eigenvalue weighted by Gasteiger charge is 2.20. The quantitative estimate of drug-likeness (QED) is 0.835. The lowest BCUT2D eigenvalue weighted by molar-refractivity contribution is 0.0664. The molecule has 1 saturated heterocycles. The maximum Gasteiger partial charge on any atom is 0.255 e. The Hall–Kier alpha value is -2.86. The fourth-order valence-electron chi connectivity index (χ4n) is 3.05. The number of piperazine rings is 1. The van der Waals surface area contributed by atoms with Crippen molar-refractivity contribution >= 4 is 17.5 Å². The first-order chi connectivity index (χ1) is 13.6. The SMILES string of the molecule is CCCOc1ccc(C(=O)Nc2cccc(C(=O)N3CCN(C)CC3)c2)cc1. The second kappa shape index (κ2) is 9.37. The Labute approximate surface area is 166 Å².